The minimum absolute atomic E-state index is 0.396. The molecule has 0 aliphatic carbocycles. The summed E-state index contributed by atoms with van der Waals surface area (Å²) in [5.74, 6) is 0.848. The molecule has 0 amide bonds. The van der Waals surface area contributed by atoms with Crippen molar-refractivity contribution in [3.8, 4) is 16.9 Å². The summed E-state index contributed by atoms with van der Waals surface area (Å²) in [6.45, 7) is 4.48. The van der Waals surface area contributed by atoms with E-state index in [0.29, 0.717) is 17.8 Å². The highest BCUT2D eigenvalue weighted by atomic mass is 19.4. The van der Waals surface area contributed by atoms with E-state index in [1.165, 1.54) is 6.20 Å². The molecule has 2 aliphatic heterocycles. The van der Waals surface area contributed by atoms with Gasteiger partial charge in [-0.05, 0) is 29.8 Å². The van der Waals surface area contributed by atoms with E-state index in [1.54, 1.807) is 6.07 Å². The zero-order chi connectivity index (χ0) is 20.9. The third-order valence-corrected chi connectivity index (χ3v) is 5.61. The van der Waals surface area contributed by atoms with E-state index in [-0.39, 0.29) is 0 Å². The first-order chi connectivity index (χ1) is 14.4. The van der Waals surface area contributed by atoms with Crippen LogP contribution in [0.15, 0.2) is 42.6 Å². The first-order valence-electron chi connectivity index (χ1n) is 9.84. The molecular weight excluding hydrogens is 393 g/mol. The van der Waals surface area contributed by atoms with E-state index in [9.17, 15) is 13.2 Å². The van der Waals surface area contributed by atoms with Crippen molar-refractivity contribution in [1.82, 2.24) is 20.1 Å². The van der Waals surface area contributed by atoms with Gasteiger partial charge in [0, 0.05) is 63.3 Å². The van der Waals surface area contributed by atoms with E-state index in [1.807, 2.05) is 17.8 Å². The van der Waals surface area contributed by atoms with E-state index >= 15 is 0 Å². The van der Waals surface area contributed by atoms with Gasteiger partial charge in [0.15, 0.2) is 0 Å². The van der Waals surface area contributed by atoms with Gasteiger partial charge in [-0.1, -0.05) is 6.07 Å². The summed E-state index contributed by atoms with van der Waals surface area (Å²) >= 11 is 0. The summed E-state index contributed by atoms with van der Waals surface area (Å²) in [6.07, 6.45) is -3.31. The highest BCUT2D eigenvalue weighted by Crippen LogP contribution is 2.36. The second kappa shape index (κ2) is 7.02. The molecule has 2 aliphatic rings. The average Bonchev–Trinajstić information content (AvgIpc) is 3.20. The normalized spacial score (nSPS) is 16.4. The quantitative estimate of drug-likeness (QED) is 0.697. The number of benzene rings is 1. The van der Waals surface area contributed by atoms with Gasteiger partial charge in [0.25, 0.3) is 0 Å². The van der Waals surface area contributed by atoms with Crippen LogP contribution in [0.2, 0.25) is 0 Å². The summed E-state index contributed by atoms with van der Waals surface area (Å²) in [7, 11) is 1.96. The molecule has 156 valence electrons. The number of nitrogens with one attached hydrogen (secondary N) is 1. The lowest BCUT2D eigenvalue weighted by Crippen LogP contribution is -2.43. The Kier molecular flexibility index (Phi) is 4.43. The second-order valence-electron chi connectivity index (χ2n) is 7.63. The number of hydrogen-bond acceptors (Lipinski definition) is 5. The van der Waals surface area contributed by atoms with Crippen molar-refractivity contribution in [2.75, 3.05) is 43.0 Å². The predicted molar refractivity (Wildman–Crippen MR) is 109 cm³/mol. The highest BCUT2D eigenvalue weighted by Gasteiger charge is 2.33. The molecule has 0 radical (unpaired) electrons. The number of piperazine rings is 1. The highest BCUT2D eigenvalue weighted by molar-refractivity contribution is 5.69. The smallest absolute Gasteiger partial charge is 0.369 e. The van der Waals surface area contributed by atoms with Crippen LogP contribution in [0.4, 0.5) is 24.7 Å². The van der Waals surface area contributed by atoms with Gasteiger partial charge < -0.3 is 15.1 Å². The van der Waals surface area contributed by atoms with Crippen LogP contribution in [-0.4, -0.2) is 48.0 Å². The van der Waals surface area contributed by atoms with Gasteiger partial charge in [-0.15, -0.1) is 0 Å². The van der Waals surface area contributed by atoms with Crippen LogP contribution in [-0.2, 0) is 12.7 Å². The van der Waals surface area contributed by atoms with Crippen molar-refractivity contribution < 1.29 is 13.2 Å². The largest absolute Gasteiger partial charge is 0.433 e. The zero-order valence-electron chi connectivity index (χ0n) is 16.4. The molecule has 0 unspecified atom stereocenters. The summed E-state index contributed by atoms with van der Waals surface area (Å²) < 4.78 is 41.1. The number of fused-ring (bicyclic) bond motifs is 3. The van der Waals surface area contributed by atoms with Crippen molar-refractivity contribution in [3.05, 3.63) is 53.9 Å². The minimum atomic E-state index is -4.49. The second-order valence-corrected chi connectivity index (χ2v) is 7.63. The third kappa shape index (κ3) is 3.28. The molecule has 0 spiro atoms. The van der Waals surface area contributed by atoms with Gasteiger partial charge in [0.1, 0.15) is 11.5 Å². The summed E-state index contributed by atoms with van der Waals surface area (Å²) in [5.41, 5.74) is 3.20. The van der Waals surface area contributed by atoms with Gasteiger partial charge in [0.2, 0.25) is 0 Å². The molecule has 1 aromatic carbocycles. The molecule has 0 bridgehead atoms. The summed E-state index contributed by atoms with van der Waals surface area (Å²) in [4.78, 5) is 7.83. The molecule has 1 fully saturated rings. The number of nitrogens with zero attached hydrogens (tertiary/aromatic N) is 5. The van der Waals surface area contributed by atoms with Crippen LogP contribution < -0.4 is 15.1 Å². The fourth-order valence-corrected chi connectivity index (χ4v) is 4.05. The SMILES string of the molecule is CN1Cc2ccc(N3CCNCC3)cc2-n2nc(-c3ccnc(C(F)(F)F)c3)cc21. The van der Waals surface area contributed by atoms with Gasteiger partial charge in [-0.3, -0.25) is 4.98 Å². The molecule has 2 aromatic heterocycles. The molecule has 0 saturated carbocycles. The zero-order valence-corrected chi connectivity index (χ0v) is 16.4. The monoisotopic (exact) mass is 414 g/mol. The molecule has 30 heavy (non-hydrogen) atoms. The molecule has 0 atom stereocenters. The predicted octanol–water partition coefficient (Wildman–Crippen LogP) is 3.31. The summed E-state index contributed by atoms with van der Waals surface area (Å²) in [6, 6.07) is 10.8. The lowest BCUT2D eigenvalue weighted by molar-refractivity contribution is -0.141. The van der Waals surface area contributed by atoms with Crippen molar-refractivity contribution in [3.63, 3.8) is 0 Å². The summed E-state index contributed by atoms with van der Waals surface area (Å²) in [5, 5.41) is 8.02. The van der Waals surface area contributed by atoms with Crippen molar-refractivity contribution >= 4 is 11.5 Å². The fraction of sp³-hybridized carbons (Fsp3) is 0.333. The Morgan fingerprint density at radius 1 is 1.03 bits per heavy atom. The molecule has 4 heterocycles. The molecule has 6 nitrogen and oxygen atoms in total. The Bertz CT molecular complexity index is 1080. The maximum Gasteiger partial charge on any atom is 0.433 e. The number of aromatic nitrogens is 3. The first-order valence-corrected chi connectivity index (χ1v) is 9.84. The van der Waals surface area contributed by atoms with Crippen molar-refractivity contribution in [2.45, 2.75) is 12.7 Å². The number of alkyl halides is 3. The lowest BCUT2D eigenvalue weighted by Gasteiger charge is -2.32. The average molecular weight is 414 g/mol. The van der Waals surface area contributed by atoms with Crippen LogP contribution in [0, 0.1) is 0 Å². The minimum Gasteiger partial charge on any atom is -0.369 e. The van der Waals surface area contributed by atoms with E-state index in [4.69, 9.17) is 0 Å². The number of halogens is 3. The van der Waals surface area contributed by atoms with E-state index in [2.05, 4.69) is 43.4 Å². The Morgan fingerprint density at radius 2 is 1.83 bits per heavy atom. The standard InChI is InChI=1S/C21H21F3N6/c1-28-13-15-2-3-16(29-8-6-25-7-9-29)11-18(15)30-20(28)12-17(27-30)14-4-5-26-19(10-14)21(22,23)24/h2-5,10-12,25H,6-9,13H2,1H3. The number of rotatable bonds is 2. The van der Waals surface area contributed by atoms with Crippen molar-refractivity contribution in [1.29, 1.82) is 0 Å². The van der Waals surface area contributed by atoms with E-state index in [0.717, 1.165) is 55.0 Å². The first kappa shape index (κ1) is 18.9. The molecule has 1 saturated heterocycles. The Labute approximate surface area is 171 Å². The lowest BCUT2D eigenvalue weighted by atomic mass is 10.1. The van der Waals surface area contributed by atoms with Gasteiger partial charge in [-0.25, -0.2) is 4.68 Å². The molecule has 5 rings (SSSR count). The maximum atomic E-state index is 13.1. The topological polar surface area (TPSA) is 49.2 Å². The molecular formula is C21H21F3N6. The van der Waals surface area contributed by atoms with Gasteiger partial charge in [-0.2, -0.15) is 18.3 Å². The van der Waals surface area contributed by atoms with Crippen LogP contribution in [0.5, 0.6) is 0 Å². The Morgan fingerprint density at radius 3 is 2.60 bits per heavy atom. The third-order valence-electron chi connectivity index (χ3n) is 5.61. The molecule has 9 heteroatoms. The van der Waals surface area contributed by atoms with Crippen molar-refractivity contribution in [2.24, 2.45) is 0 Å². The van der Waals surface area contributed by atoms with E-state index < -0.39 is 11.9 Å². The number of pyridine rings is 1. The van der Waals surface area contributed by atoms with Gasteiger partial charge in [0.05, 0.1) is 11.4 Å². The maximum absolute atomic E-state index is 13.1. The van der Waals surface area contributed by atoms with Crippen LogP contribution in [0.25, 0.3) is 16.9 Å². The Balaban J connectivity index is 1.56. The van der Waals surface area contributed by atoms with Crippen LogP contribution in [0.1, 0.15) is 11.3 Å². The fourth-order valence-electron chi connectivity index (χ4n) is 4.05. The molecule has 1 N–H and O–H groups in total. The number of hydrogen-bond donors (Lipinski definition) is 1. The Hall–Kier alpha value is -3.07. The van der Waals surface area contributed by atoms with Crippen LogP contribution in [0.3, 0.4) is 0 Å². The molecule has 3 aromatic rings. The van der Waals surface area contributed by atoms with Crippen LogP contribution >= 0.6 is 0 Å². The number of anilines is 2. The van der Waals surface area contributed by atoms with Gasteiger partial charge >= 0.3 is 6.18 Å².